The monoisotopic (exact) mass is 512 g/mol. The minimum absolute atomic E-state index is 0. The largest absolute Gasteiger partial charge is 2.00 e. The van der Waals surface area contributed by atoms with Crippen LogP contribution >= 0.6 is 0 Å². The van der Waals surface area contributed by atoms with E-state index < -0.39 is 25.2 Å². The number of benzene rings is 2. The average Bonchev–Trinajstić information content (AvgIpc) is 2.42. The molecule has 11 heteroatoms. The maximum atomic E-state index is 11.8. The zero-order valence-electron chi connectivity index (χ0n) is 13.5. The summed E-state index contributed by atoms with van der Waals surface area (Å²) in [5.74, 6) is -0.0538. The molecule has 2 nitrogen and oxygen atoms in total. The molecule has 0 fully saturated rings. The maximum absolute atomic E-state index is 11.8. The van der Waals surface area contributed by atoms with E-state index in [2.05, 4.69) is 0 Å². The van der Waals surface area contributed by atoms with Gasteiger partial charge in [-0.3, -0.25) is 0 Å². The zero-order chi connectivity index (χ0) is 18.4. The van der Waals surface area contributed by atoms with Crippen molar-refractivity contribution < 1.29 is 87.6 Å². The van der Waals surface area contributed by atoms with Crippen LogP contribution in [-0.4, -0.2) is 22.6 Å². The van der Waals surface area contributed by atoms with E-state index >= 15 is 0 Å². The van der Waals surface area contributed by atoms with Crippen LogP contribution in [0.4, 0.5) is 26.3 Å². The summed E-state index contributed by atoms with van der Waals surface area (Å²) in [6.45, 7) is 0. The van der Waals surface area contributed by atoms with Gasteiger partial charge in [0, 0.05) is 0 Å². The van der Waals surface area contributed by atoms with Crippen LogP contribution in [0, 0.1) is 0 Å². The first-order valence-electron chi connectivity index (χ1n) is 6.64. The van der Waals surface area contributed by atoms with Crippen molar-refractivity contribution in [2.75, 3.05) is 0 Å². The maximum Gasteiger partial charge on any atom is 2.00 e. The van der Waals surface area contributed by atoms with Gasteiger partial charge >= 0.3 is 38.6 Å². The van der Waals surface area contributed by atoms with Crippen molar-refractivity contribution in [3.63, 3.8) is 0 Å². The summed E-state index contributed by atoms with van der Waals surface area (Å²) in [6.07, 6.45) is -10.3. The molecule has 0 aliphatic rings. The molecule has 0 bridgehead atoms. The standard InChI is InChI=1S/2C8H7F3O.2ClH.Zr/c2*9-8(10,11)5-6-1-3-7(12)4-2-6;;;/h2*1-4,12H,5H2;2*1H;/q;;;;+2/p-2. The van der Waals surface area contributed by atoms with Crippen molar-refractivity contribution in [1.29, 1.82) is 0 Å². The van der Waals surface area contributed by atoms with Gasteiger partial charge in [-0.1, -0.05) is 24.3 Å². The van der Waals surface area contributed by atoms with Crippen molar-refractivity contribution >= 4 is 0 Å². The van der Waals surface area contributed by atoms with Crippen LogP contribution in [0.5, 0.6) is 11.5 Å². The molecule has 2 aromatic rings. The van der Waals surface area contributed by atoms with Crippen molar-refractivity contribution in [1.82, 2.24) is 0 Å². The third-order valence-corrected chi connectivity index (χ3v) is 2.68. The third-order valence-electron chi connectivity index (χ3n) is 2.68. The van der Waals surface area contributed by atoms with Gasteiger partial charge in [-0.25, -0.2) is 0 Å². The summed E-state index contributed by atoms with van der Waals surface area (Å²) in [6, 6.07) is 9.96. The molecule has 0 aliphatic heterocycles. The Hall–Kier alpha value is -0.917. The predicted octanol–water partition coefficient (Wildman–Crippen LogP) is -1.00. The molecule has 0 atom stereocenters. The van der Waals surface area contributed by atoms with E-state index in [1.807, 2.05) is 0 Å². The minimum Gasteiger partial charge on any atom is -1.00 e. The number of rotatable bonds is 2. The van der Waals surface area contributed by atoms with Gasteiger partial charge in [0.05, 0.1) is 12.8 Å². The number of alkyl halides is 6. The first-order chi connectivity index (χ1) is 10.9. The van der Waals surface area contributed by atoms with Gasteiger partial charge in [0.2, 0.25) is 0 Å². The summed E-state index contributed by atoms with van der Waals surface area (Å²) in [5, 5.41) is 17.5. The molecule has 2 rings (SSSR count). The zero-order valence-corrected chi connectivity index (χ0v) is 17.4. The quantitative estimate of drug-likeness (QED) is 0.506. The van der Waals surface area contributed by atoms with E-state index in [0.717, 1.165) is 0 Å². The van der Waals surface area contributed by atoms with Crippen LogP contribution in [0.3, 0.4) is 0 Å². The van der Waals surface area contributed by atoms with E-state index in [0.29, 0.717) is 0 Å². The molecule has 150 valence electrons. The Kier molecular flexibility index (Phi) is 15.2. The van der Waals surface area contributed by atoms with Crippen molar-refractivity contribution in [2.24, 2.45) is 0 Å². The molecule has 0 aliphatic carbocycles. The van der Waals surface area contributed by atoms with Gasteiger partial charge in [-0.05, 0) is 35.4 Å². The van der Waals surface area contributed by atoms with Gasteiger partial charge in [-0.15, -0.1) is 0 Å². The Morgan fingerprint density at radius 3 is 0.963 bits per heavy atom. The first kappa shape index (κ1) is 30.8. The van der Waals surface area contributed by atoms with Gasteiger partial charge in [-0.2, -0.15) is 26.3 Å². The normalized spacial score (nSPS) is 10.3. The molecule has 0 saturated heterocycles. The molecule has 0 aromatic heterocycles. The summed E-state index contributed by atoms with van der Waals surface area (Å²) in [5.41, 5.74) is 0.306. The van der Waals surface area contributed by atoms with Crippen molar-refractivity contribution in [3.05, 3.63) is 59.7 Å². The van der Waals surface area contributed by atoms with Gasteiger partial charge in [0.15, 0.2) is 0 Å². The number of phenols is 2. The van der Waals surface area contributed by atoms with Crippen LogP contribution in [0.15, 0.2) is 48.5 Å². The molecule has 0 spiro atoms. The van der Waals surface area contributed by atoms with Crippen molar-refractivity contribution in [3.8, 4) is 11.5 Å². The average molecular weight is 514 g/mol. The summed E-state index contributed by atoms with van der Waals surface area (Å²) >= 11 is 0. The van der Waals surface area contributed by atoms with E-state index in [1.165, 1.54) is 48.5 Å². The molecular formula is C16H14Cl2F6O2Zr. The molecular weight excluding hydrogens is 500 g/mol. The number of hydrogen-bond acceptors (Lipinski definition) is 2. The Morgan fingerprint density at radius 2 is 0.778 bits per heavy atom. The van der Waals surface area contributed by atoms with E-state index in [4.69, 9.17) is 10.2 Å². The fourth-order valence-corrected chi connectivity index (χ4v) is 1.69. The fourth-order valence-electron chi connectivity index (χ4n) is 1.69. The molecule has 0 amide bonds. The smallest absolute Gasteiger partial charge is 1.00 e. The molecule has 27 heavy (non-hydrogen) atoms. The molecule has 0 unspecified atom stereocenters. The number of hydrogen-bond donors (Lipinski definition) is 2. The summed E-state index contributed by atoms with van der Waals surface area (Å²) < 4.78 is 70.7. The Morgan fingerprint density at radius 1 is 0.556 bits per heavy atom. The van der Waals surface area contributed by atoms with Crippen LogP contribution < -0.4 is 24.8 Å². The predicted molar refractivity (Wildman–Crippen MR) is 75.7 cm³/mol. The number of aromatic hydroxyl groups is 2. The Labute approximate surface area is 183 Å². The van der Waals surface area contributed by atoms with Crippen LogP contribution in [0.1, 0.15) is 11.1 Å². The van der Waals surface area contributed by atoms with Gasteiger partial charge in [0.25, 0.3) is 0 Å². The van der Waals surface area contributed by atoms with E-state index in [9.17, 15) is 26.3 Å². The van der Waals surface area contributed by atoms with Crippen LogP contribution in [0.25, 0.3) is 0 Å². The van der Waals surface area contributed by atoms with Gasteiger partial charge in [0.1, 0.15) is 11.5 Å². The van der Waals surface area contributed by atoms with E-state index in [-0.39, 0.29) is 73.6 Å². The number of phenolic OH excluding ortho intramolecular Hbond substituents is 2. The second-order valence-electron chi connectivity index (χ2n) is 4.92. The van der Waals surface area contributed by atoms with Crippen LogP contribution in [0.2, 0.25) is 0 Å². The van der Waals surface area contributed by atoms with Gasteiger partial charge < -0.3 is 35.0 Å². The fraction of sp³-hybridized carbons (Fsp3) is 0.250. The molecule has 0 heterocycles. The summed E-state index contributed by atoms with van der Waals surface area (Å²) in [4.78, 5) is 0. The minimum atomic E-state index is -4.18. The Bertz CT molecular complexity index is 574. The molecule has 2 aromatic carbocycles. The topological polar surface area (TPSA) is 40.5 Å². The SMILES string of the molecule is Oc1ccc(CC(F)(F)F)cc1.Oc1ccc(CC(F)(F)F)cc1.[Cl-].[Cl-].[Zr+2]. The van der Waals surface area contributed by atoms with Crippen LogP contribution in [-0.2, 0) is 39.0 Å². The molecule has 0 saturated carbocycles. The second kappa shape index (κ2) is 13.3. The van der Waals surface area contributed by atoms with E-state index in [1.54, 1.807) is 0 Å². The second-order valence-corrected chi connectivity index (χ2v) is 4.92. The molecule has 0 radical (unpaired) electrons. The van der Waals surface area contributed by atoms with Crippen molar-refractivity contribution in [2.45, 2.75) is 25.2 Å². The molecule has 2 N–H and O–H groups in total. The summed E-state index contributed by atoms with van der Waals surface area (Å²) in [7, 11) is 0. The Balaban J connectivity index is -0.000000384. The third kappa shape index (κ3) is 15.8. The first-order valence-corrected chi connectivity index (χ1v) is 6.64. The number of halogens is 8.